The third-order valence-corrected chi connectivity index (χ3v) is 2.12. The number of H-pyrrole nitrogens is 2. The predicted molar refractivity (Wildman–Crippen MR) is 52.4 cm³/mol. The first-order valence-electron chi connectivity index (χ1n) is 4.57. The lowest BCUT2D eigenvalue weighted by Crippen LogP contribution is -2.19. The van der Waals surface area contributed by atoms with Gasteiger partial charge in [-0.3, -0.25) is 5.10 Å². The molecule has 0 aromatic carbocycles. The fraction of sp³-hybridized carbons (Fsp3) is 0.333. The van der Waals surface area contributed by atoms with Gasteiger partial charge in [-0.1, -0.05) is 0 Å². The molecule has 0 aliphatic carbocycles. The average Bonchev–Trinajstić information content (AvgIpc) is 2.87. The third kappa shape index (κ3) is 2.00. The normalized spacial score (nSPS) is 12.9. The molecule has 0 spiro atoms. The Balaban J connectivity index is 1.87. The lowest BCUT2D eigenvalue weighted by atomic mass is 10.2. The minimum atomic E-state index is 0.252. The fourth-order valence-electron chi connectivity index (χ4n) is 1.26. The van der Waals surface area contributed by atoms with Gasteiger partial charge in [0.05, 0.1) is 12.2 Å². The summed E-state index contributed by atoms with van der Waals surface area (Å²) in [5.74, 6) is 0.941. The maximum Gasteiger partial charge on any atom is 0.120 e. The smallest absolute Gasteiger partial charge is 0.120 e. The molecule has 0 radical (unpaired) electrons. The number of nitrogens with zero attached hydrogens (tertiary/aromatic N) is 2. The summed E-state index contributed by atoms with van der Waals surface area (Å²) in [5.41, 5.74) is 1.08. The van der Waals surface area contributed by atoms with Crippen LogP contribution in [0.2, 0.25) is 0 Å². The number of hydrogen-bond donors (Lipinski definition) is 3. The molecule has 14 heavy (non-hydrogen) atoms. The molecule has 3 N–H and O–H groups in total. The molecule has 2 aromatic rings. The van der Waals surface area contributed by atoms with Crippen LogP contribution in [0.4, 0.5) is 0 Å². The van der Waals surface area contributed by atoms with E-state index in [1.54, 1.807) is 12.4 Å². The Labute approximate surface area is 82.0 Å². The van der Waals surface area contributed by atoms with Crippen molar-refractivity contribution in [3.05, 3.63) is 36.2 Å². The van der Waals surface area contributed by atoms with Gasteiger partial charge < -0.3 is 10.3 Å². The summed E-state index contributed by atoms with van der Waals surface area (Å²) in [6.07, 6.45) is 5.32. The molecule has 2 heterocycles. The van der Waals surface area contributed by atoms with Gasteiger partial charge in [0.1, 0.15) is 5.82 Å². The molecule has 74 valence electrons. The monoisotopic (exact) mass is 191 g/mol. The predicted octanol–water partition coefficient (Wildman–Crippen LogP) is 0.984. The van der Waals surface area contributed by atoms with Crippen molar-refractivity contribution in [1.29, 1.82) is 0 Å². The first-order valence-corrected chi connectivity index (χ1v) is 4.57. The van der Waals surface area contributed by atoms with Gasteiger partial charge in [-0.25, -0.2) is 4.98 Å². The van der Waals surface area contributed by atoms with Crippen LogP contribution in [0.15, 0.2) is 24.7 Å². The molecule has 0 saturated carbocycles. The van der Waals surface area contributed by atoms with Gasteiger partial charge in [-0.15, -0.1) is 0 Å². The maximum absolute atomic E-state index is 4.13. The number of nitrogens with one attached hydrogen (secondary N) is 3. The molecule has 1 atom stereocenters. The van der Waals surface area contributed by atoms with Crippen molar-refractivity contribution < 1.29 is 0 Å². The van der Waals surface area contributed by atoms with Crippen LogP contribution < -0.4 is 5.32 Å². The van der Waals surface area contributed by atoms with Crippen LogP contribution in [0.3, 0.4) is 0 Å². The van der Waals surface area contributed by atoms with E-state index in [0.717, 1.165) is 18.1 Å². The lowest BCUT2D eigenvalue weighted by Gasteiger charge is -2.09. The Bertz CT molecular complexity index is 350. The molecule has 0 aliphatic heterocycles. The van der Waals surface area contributed by atoms with Crippen molar-refractivity contribution in [3.63, 3.8) is 0 Å². The Morgan fingerprint density at radius 1 is 1.50 bits per heavy atom. The van der Waals surface area contributed by atoms with Gasteiger partial charge in [-0.05, 0) is 13.0 Å². The van der Waals surface area contributed by atoms with E-state index in [4.69, 9.17) is 0 Å². The van der Waals surface area contributed by atoms with Crippen molar-refractivity contribution in [3.8, 4) is 0 Å². The van der Waals surface area contributed by atoms with Gasteiger partial charge in [0, 0.05) is 24.6 Å². The van der Waals surface area contributed by atoms with Crippen molar-refractivity contribution in [2.24, 2.45) is 0 Å². The number of imidazole rings is 1. The molecule has 0 aliphatic rings. The summed E-state index contributed by atoms with van der Waals surface area (Å²) in [6.45, 7) is 2.81. The van der Waals surface area contributed by atoms with Crippen LogP contribution in [-0.2, 0) is 6.54 Å². The van der Waals surface area contributed by atoms with E-state index >= 15 is 0 Å². The topological polar surface area (TPSA) is 69.4 Å². The summed E-state index contributed by atoms with van der Waals surface area (Å²) in [4.78, 5) is 7.16. The Morgan fingerprint density at radius 3 is 3.07 bits per heavy atom. The zero-order valence-electron chi connectivity index (χ0n) is 7.99. The van der Waals surface area contributed by atoms with Gasteiger partial charge >= 0.3 is 0 Å². The van der Waals surface area contributed by atoms with E-state index in [-0.39, 0.29) is 6.04 Å². The minimum absolute atomic E-state index is 0.252. The maximum atomic E-state index is 4.13. The molecule has 0 bridgehead atoms. The largest absolute Gasteiger partial charge is 0.348 e. The minimum Gasteiger partial charge on any atom is -0.348 e. The third-order valence-electron chi connectivity index (χ3n) is 2.12. The van der Waals surface area contributed by atoms with Crippen molar-refractivity contribution in [1.82, 2.24) is 25.5 Å². The second-order valence-corrected chi connectivity index (χ2v) is 3.15. The first-order chi connectivity index (χ1) is 6.86. The van der Waals surface area contributed by atoms with Crippen molar-refractivity contribution in [2.75, 3.05) is 0 Å². The van der Waals surface area contributed by atoms with Gasteiger partial charge in [0.15, 0.2) is 0 Å². The quantitative estimate of drug-likeness (QED) is 0.674. The van der Waals surface area contributed by atoms with E-state index in [9.17, 15) is 0 Å². The standard InChI is InChI=1S/C9H13N5/c1-7(8-2-3-13-14-8)12-6-9-10-4-5-11-9/h2-5,7,12H,6H2,1H3,(H,10,11)(H,13,14). The van der Waals surface area contributed by atoms with E-state index < -0.39 is 0 Å². The molecule has 2 aromatic heterocycles. The van der Waals surface area contributed by atoms with Crippen molar-refractivity contribution in [2.45, 2.75) is 19.5 Å². The summed E-state index contributed by atoms with van der Waals surface area (Å²) < 4.78 is 0. The van der Waals surface area contributed by atoms with Gasteiger partial charge in [0.25, 0.3) is 0 Å². The van der Waals surface area contributed by atoms with Crippen LogP contribution >= 0.6 is 0 Å². The molecule has 0 saturated heterocycles. The number of hydrogen-bond acceptors (Lipinski definition) is 3. The van der Waals surface area contributed by atoms with E-state index in [1.165, 1.54) is 0 Å². The lowest BCUT2D eigenvalue weighted by molar-refractivity contribution is 0.549. The molecule has 5 heteroatoms. The second-order valence-electron chi connectivity index (χ2n) is 3.15. The van der Waals surface area contributed by atoms with Crippen molar-refractivity contribution >= 4 is 0 Å². The highest BCUT2D eigenvalue weighted by Crippen LogP contribution is 2.07. The van der Waals surface area contributed by atoms with Crippen LogP contribution in [0.25, 0.3) is 0 Å². The number of aromatic nitrogens is 4. The highest BCUT2D eigenvalue weighted by molar-refractivity contribution is 5.03. The first kappa shape index (κ1) is 8.96. The molecule has 5 nitrogen and oxygen atoms in total. The molecule has 0 amide bonds. The van der Waals surface area contributed by atoms with Gasteiger partial charge in [-0.2, -0.15) is 5.10 Å². The molecular formula is C9H13N5. The molecule has 1 unspecified atom stereocenters. The highest BCUT2D eigenvalue weighted by atomic mass is 15.1. The number of rotatable bonds is 4. The van der Waals surface area contributed by atoms with Crippen LogP contribution in [0.5, 0.6) is 0 Å². The van der Waals surface area contributed by atoms with Crippen LogP contribution in [0, 0.1) is 0 Å². The molecule has 2 rings (SSSR count). The summed E-state index contributed by atoms with van der Waals surface area (Å²) >= 11 is 0. The van der Waals surface area contributed by atoms with Crippen LogP contribution in [0.1, 0.15) is 24.5 Å². The zero-order chi connectivity index (χ0) is 9.80. The number of aromatic amines is 2. The fourth-order valence-corrected chi connectivity index (χ4v) is 1.26. The summed E-state index contributed by atoms with van der Waals surface area (Å²) in [5, 5.41) is 10.1. The van der Waals surface area contributed by atoms with Crippen LogP contribution in [-0.4, -0.2) is 20.2 Å². The van der Waals surface area contributed by atoms with E-state index in [1.807, 2.05) is 12.3 Å². The summed E-state index contributed by atoms with van der Waals surface area (Å²) in [7, 11) is 0. The Morgan fingerprint density at radius 2 is 2.43 bits per heavy atom. The Hall–Kier alpha value is -1.62. The zero-order valence-corrected chi connectivity index (χ0v) is 7.99. The average molecular weight is 191 g/mol. The van der Waals surface area contributed by atoms with Gasteiger partial charge in [0.2, 0.25) is 0 Å². The second kappa shape index (κ2) is 4.06. The van der Waals surface area contributed by atoms with E-state index in [2.05, 4.69) is 32.4 Å². The van der Waals surface area contributed by atoms with E-state index in [0.29, 0.717) is 0 Å². The highest BCUT2D eigenvalue weighted by Gasteiger charge is 2.05. The summed E-state index contributed by atoms with van der Waals surface area (Å²) in [6, 6.07) is 2.21. The molecule has 0 fully saturated rings. The Kier molecular flexibility index (Phi) is 2.60. The SMILES string of the molecule is CC(NCc1ncc[nH]1)c1ccn[nH]1. The molecular weight excluding hydrogens is 178 g/mol.